The zero-order valence-corrected chi connectivity index (χ0v) is 10.3. The van der Waals surface area contributed by atoms with E-state index >= 15 is 0 Å². The van der Waals surface area contributed by atoms with Crippen LogP contribution >= 0.6 is 0 Å². The van der Waals surface area contributed by atoms with E-state index in [1.807, 2.05) is 4.90 Å². The number of hydrogen-bond donors (Lipinski definition) is 1. The van der Waals surface area contributed by atoms with Crippen LogP contribution in [0.3, 0.4) is 0 Å². The first-order chi connectivity index (χ1) is 8.15. The van der Waals surface area contributed by atoms with Crippen LogP contribution in [0.15, 0.2) is 4.52 Å². The van der Waals surface area contributed by atoms with Gasteiger partial charge in [-0.25, -0.2) is 0 Å². The predicted molar refractivity (Wildman–Crippen MR) is 61.2 cm³/mol. The molecule has 0 radical (unpaired) electrons. The quantitative estimate of drug-likeness (QED) is 0.829. The average Bonchev–Trinajstić information content (AvgIpc) is 2.73. The molecule has 1 fully saturated rings. The molecule has 0 saturated carbocycles. The molecule has 0 bridgehead atoms. The molecular weight excluding hydrogens is 220 g/mol. The largest absolute Gasteiger partial charge is 0.343 e. The first-order valence-electron chi connectivity index (χ1n) is 5.93. The molecule has 17 heavy (non-hydrogen) atoms. The van der Waals surface area contributed by atoms with Gasteiger partial charge in [-0.3, -0.25) is 4.79 Å². The van der Waals surface area contributed by atoms with Crippen molar-refractivity contribution in [1.29, 1.82) is 0 Å². The average molecular weight is 238 g/mol. The van der Waals surface area contributed by atoms with Gasteiger partial charge in [0.2, 0.25) is 11.8 Å². The lowest BCUT2D eigenvalue weighted by molar-refractivity contribution is -0.129. The summed E-state index contributed by atoms with van der Waals surface area (Å²) in [6.07, 6.45) is 1.97. The fourth-order valence-corrected chi connectivity index (χ4v) is 2.05. The molecule has 0 unspecified atom stereocenters. The van der Waals surface area contributed by atoms with Gasteiger partial charge in [-0.05, 0) is 12.8 Å². The van der Waals surface area contributed by atoms with Gasteiger partial charge in [-0.15, -0.1) is 0 Å². The number of aromatic nitrogens is 2. The van der Waals surface area contributed by atoms with Crippen LogP contribution in [0, 0.1) is 6.92 Å². The Hall–Kier alpha value is -1.43. The molecule has 94 valence electrons. The van der Waals surface area contributed by atoms with Crippen molar-refractivity contribution in [3.8, 4) is 0 Å². The maximum absolute atomic E-state index is 11.2. The van der Waals surface area contributed by atoms with Crippen LogP contribution in [0.1, 0.15) is 31.5 Å². The van der Waals surface area contributed by atoms with E-state index in [2.05, 4.69) is 15.5 Å². The molecule has 0 aliphatic carbocycles. The van der Waals surface area contributed by atoms with E-state index < -0.39 is 0 Å². The van der Waals surface area contributed by atoms with Crippen LogP contribution < -0.4 is 5.32 Å². The zero-order chi connectivity index (χ0) is 12.3. The van der Waals surface area contributed by atoms with Gasteiger partial charge in [-0.2, -0.15) is 4.98 Å². The van der Waals surface area contributed by atoms with Gasteiger partial charge in [0.15, 0.2) is 5.82 Å². The monoisotopic (exact) mass is 238 g/mol. The summed E-state index contributed by atoms with van der Waals surface area (Å²) in [5.74, 6) is 1.45. The number of likely N-dealkylation sites (tertiary alicyclic amines) is 1. The van der Waals surface area contributed by atoms with Gasteiger partial charge >= 0.3 is 0 Å². The summed E-state index contributed by atoms with van der Waals surface area (Å²) in [6, 6.07) is 0.435. The van der Waals surface area contributed by atoms with E-state index in [9.17, 15) is 4.79 Å². The summed E-state index contributed by atoms with van der Waals surface area (Å²) in [5, 5.41) is 7.22. The van der Waals surface area contributed by atoms with E-state index in [4.69, 9.17) is 4.52 Å². The minimum Gasteiger partial charge on any atom is -0.343 e. The number of carbonyl (C=O) groups is 1. The number of aryl methyl sites for hydroxylation is 1. The Bertz CT molecular complexity index is 383. The number of carbonyl (C=O) groups excluding carboxylic acids is 1. The second-order valence-corrected chi connectivity index (χ2v) is 4.39. The molecule has 0 atom stereocenters. The second kappa shape index (κ2) is 5.27. The minimum atomic E-state index is 0.164. The van der Waals surface area contributed by atoms with Crippen molar-refractivity contribution < 1.29 is 9.32 Å². The van der Waals surface area contributed by atoms with E-state index in [-0.39, 0.29) is 5.91 Å². The summed E-state index contributed by atoms with van der Waals surface area (Å²) in [7, 11) is 0. The molecule has 2 heterocycles. The molecule has 2 rings (SSSR count). The standard InChI is InChI=1S/C11H18N4O2/c1-8-13-11(14-17-8)7-12-10-3-5-15(6-4-10)9(2)16/h10,12H,3-7H2,1-2H3. The topological polar surface area (TPSA) is 71.3 Å². The fraction of sp³-hybridized carbons (Fsp3) is 0.727. The van der Waals surface area contributed by atoms with Gasteiger partial charge in [0.1, 0.15) is 0 Å². The normalized spacial score (nSPS) is 17.4. The maximum Gasteiger partial charge on any atom is 0.223 e. The number of piperidine rings is 1. The van der Waals surface area contributed by atoms with E-state index in [1.54, 1.807) is 13.8 Å². The van der Waals surface area contributed by atoms with Crippen LogP contribution in [0.2, 0.25) is 0 Å². The van der Waals surface area contributed by atoms with E-state index in [0.29, 0.717) is 24.3 Å². The highest BCUT2D eigenvalue weighted by Gasteiger charge is 2.20. The number of nitrogens with zero attached hydrogens (tertiary/aromatic N) is 3. The van der Waals surface area contributed by atoms with Crippen molar-refractivity contribution in [2.24, 2.45) is 0 Å². The molecule has 1 aromatic rings. The summed E-state index contributed by atoms with van der Waals surface area (Å²) in [5.41, 5.74) is 0. The molecule has 0 aromatic carbocycles. The SMILES string of the molecule is CC(=O)N1CCC(NCc2noc(C)n2)CC1. The summed E-state index contributed by atoms with van der Waals surface area (Å²) < 4.78 is 4.90. The number of hydrogen-bond acceptors (Lipinski definition) is 5. The van der Waals surface area contributed by atoms with Crippen LogP contribution in [-0.2, 0) is 11.3 Å². The highest BCUT2D eigenvalue weighted by atomic mass is 16.5. The predicted octanol–water partition coefficient (Wildman–Crippen LogP) is 0.479. The lowest BCUT2D eigenvalue weighted by Gasteiger charge is -2.31. The zero-order valence-electron chi connectivity index (χ0n) is 10.3. The van der Waals surface area contributed by atoms with Crippen molar-refractivity contribution in [3.05, 3.63) is 11.7 Å². The van der Waals surface area contributed by atoms with Gasteiger partial charge < -0.3 is 14.7 Å². The van der Waals surface area contributed by atoms with Crippen LogP contribution in [0.5, 0.6) is 0 Å². The summed E-state index contributed by atoms with van der Waals surface area (Å²) in [6.45, 7) is 5.69. The first-order valence-corrected chi connectivity index (χ1v) is 5.93. The molecule has 1 aromatic heterocycles. The van der Waals surface area contributed by atoms with E-state index in [1.165, 1.54) is 0 Å². The first kappa shape index (κ1) is 12.0. The highest BCUT2D eigenvalue weighted by molar-refractivity contribution is 5.73. The van der Waals surface area contributed by atoms with Crippen molar-refractivity contribution in [1.82, 2.24) is 20.4 Å². The van der Waals surface area contributed by atoms with Crippen LogP contribution in [0.25, 0.3) is 0 Å². The Morgan fingerprint density at radius 1 is 1.53 bits per heavy atom. The lowest BCUT2D eigenvalue weighted by Crippen LogP contribution is -2.44. The highest BCUT2D eigenvalue weighted by Crippen LogP contribution is 2.10. The second-order valence-electron chi connectivity index (χ2n) is 4.39. The third-order valence-electron chi connectivity index (χ3n) is 3.06. The van der Waals surface area contributed by atoms with Gasteiger partial charge in [0, 0.05) is 33.0 Å². The lowest BCUT2D eigenvalue weighted by atomic mass is 10.1. The molecule has 1 aliphatic rings. The van der Waals surface area contributed by atoms with Crippen molar-refractivity contribution in [2.75, 3.05) is 13.1 Å². The minimum absolute atomic E-state index is 0.164. The van der Waals surface area contributed by atoms with Crippen molar-refractivity contribution >= 4 is 5.91 Å². The third kappa shape index (κ3) is 3.26. The van der Waals surface area contributed by atoms with E-state index in [0.717, 1.165) is 25.9 Å². The number of amides is 1. The number of rotatable bonds is 3. The van der Waals surface area contributed by atoms with Gasteiger partial charge in [0.25, 0.3) is 0 Å². The molecular formula is C11H18N4O2. The Labute approximate surface area is 100 Å². The molecule has 1 N–H and O–H groups in total. The van der Waals surface area contributed by atoms with Gasteiger partial charge in [-0.1, -0.05) is 5.16 Å². The molecule has 1 amide bonds. The number of nitrogens with one attached hydrogen (secondary N) is 1. The van der Waals surface area contributed by atoms with Crippen LogP contribution in [0.4, 0.5) is 0 Å². The third-order valence-corrected chi connectivity index (χ3v) is 3.06. The molecule has 1 saturated heterocycles. The molecule has 6 nitrogen and oxygen atoms in total. The molecule has 6 heteroatoms. The Morgan fingerprint density at radius 2 is 2.24 bits per heavy atom. The Morgan fingerprint density at radius 3 is 2.76 bits per heavy atom. The Balaban J connectivity index is 1.73. The smallest absolute Gasteiger partial charge is 0.223 e. The maximum atomic E-state index is 11.2. The fourth-order valence-electron chi connectivity index (χ4n) is 2.05. The van der Waals surface area contributed by atoms with Gasteiger partial charge in [0.05, 0.1) is 6.54 Å². The van der Waals surface area contributed by atoms with Crippen molar-refractivity contribution in [2.45, 2.75) is 39.3 Å². The van der Waals surface area contributed by atoms with Crippen molar-refractivity contribution in [3.63, 3.8) is 0 Å². The molecule has 0 spiro atoms. The summed E-state index contributed by atoms with van der Waals surface area (Å²) in [4.78, 5) is 17.2. The molecule has 1 aliphatic heterocycles. The van der Waals surface area contributed by atoms with Crippen LogP contribution in [-0.4, -0.2) is 40.1 Å². The summed E-state index contributed by atoms with van der Waals surface area (Å²) >= 11 is 0. The Kier molecular flexibility index (Phi) is 3.73.